The summed E-state index contributed by atoms with van der Waals surface area (Å²) < 4.78 is 11.5. The number of rotatable bonds is 8. The number of benzene rings is 3. The quantitative estimate of drug-likeness (QED) is 0.465. The predicted octanol–water partition coefficient (Wildman–Crippen LogP) is 5.89. The second-order valence-corrected chi connectivity index (χ2v) is 7.06. The summed E-state index contributed by atoms with van der Waals surface area (Å²) in [4.78, 5) is 11.3. The van der Waals surface area contributed by atoms with Crippen molar-refractivity contribution < 1.29 is 19.4 Å². The molecule has 0 aromatic heterocycles. The molecule has 0 saturated carbocycles. The van der Waals surface area contributed by atoms with Crippen LogP contribution in [-0.4, -0.2) is 18.2 Å². The molecule has 0 amide bonds. The van der Waals surface area contributed by atoms with Crippen molar-refractivity contribution in [1.29, 1.82) is 0 Å². The third-order valence-corrected chi connectivity index (χ3v) is 4.80. The van der Waals surface area contributed by atoms with Crippen molar-refractivity contribution in [1.82, 2.24) is 0 Å². The fourth-order valence-corrected chi connectivity index (χ4v) is 3.21. The smallest absolute Gasteiger partial charge is 0.337 e. The van der Waals surface area contributed by atoms with Crippen molar-refractivity contribution >= 4 is 34.9 Å². The Morgan fingerprint density at radius 3 is 2.59 bits per heavy atom. The molecule has 0 fully saturated rings. The first-order valence-corrected chi connectivity index (χ1v) is 9.53. The Morgan fingerprint density at radius 1 is 1.07 bits per heavy atom. The maximum atomic E-state index is 11.3. The molecule has 0 aliphatic heterocycles. The Hall–Kier alpha value is -2.89. The van der Waals surface area contributed by atoms with E-state index in [0.717, 1.165) is 11.1 Å². The Morgan fingerprint density at radius 2 is 1.86 bits per heavy atom. The molecule has 0 bridgehead atoms. The van der Waals surface area contributed by atoms with Gasteiger partial charge in [0.2, 0.25) is 0 Å². The molecule has 3 aromatic carbocycles. The second-order valence-electron chi connectivity index (χ2n) is 6.22. The topological polar surface area (TPSA) is 67.8 Å². The fourth-order valence-electron chi connectivity index (χ4n) is 2.80. The molecular formula is C22H19Cl2NO4. The normalized spacial score (nSPS) is 10.4. The Balaban J connectivity index is 1.79. The third kappa shape index (κ3) is 5.34. The molecule has 0 aliphatic carbocycles. The summed E-state index contributed by atoms with van der Waals surface area (Å²) in [5.74, 6) is 0.133. The van der Waals surface area contributed by atoms with Gasteiger partial charge in [-0.3, -0.25) is 0 Å². The average molecular weight is 432 g/mol. The van der Waals surface area contributed by atoms with Crippen LogP contribution in [0, 0.1) is 0 Å². The number of carboxylic acid groups (broad SMARTS) is 1. The lowest BCUT2D eigenvalue weighted by molar-refractivity contribution is 0.0697. The number of carbonyl (C=O) groups is 1. The van der Waals surface area contributed by atoms with Crippen LogP contribution in [0.3, 0.4) is 0 Å². The van der Waals surface area contributed by atoms with Crippen LogP contribution in [-0.2, 0) is 13.2 Å². The van der Waals surface area contributed by atoms with E-state index in [0.29, 0.717) is 35.4 Å². The molecular weight excluding hydrogens is 413 g/mol. The van der Waals surface area contributed by atoms with Crippen molar-refractivity contribution in [3.8, 4) is 11.5 Å². The van der Waals surface area contributed by atoms with E-state index >= 15 is 0 Å². The van der Waals surface area contributed by atoms with Gasteiger partial charge in [0.1, 0.15) is 6.61 Å². The third-order valence-electron chi connectivity index (χ3n) is 4.23. The zero-order valence-electron chi connectivity index (χ0n) is 15.6. The van der Waals surface area contributed by atoms with Crippen LogP contribution in [0.4, 0.5) is 5.69 Å². The molecule has 150 valence electrons. The summed E-state index contributed by atoms with van der Waals surface area (Å²) in [6.07, 6.45) is 0. The summed E-state index contributed by atoms with van der Waals surface area (Å²) in [7, 11) is 1.58. The minimum absolute atomic E-state index is 0.0414. The van der Waals surface area contributed by atoms with Crippen LogP contribution in [0.2, 0.25) is 10.0 Å². The highest BCUT2D eigenvalue weighted by Crippen LogP contribution is 2.33. The monoisotopic (exact) mass is 431 g/mol. The van der Waals surface area contributed by atoms with Crippen LogP contribution in [0.5, 0.6) is 11.5 Å². The van der Waals surface area contributed by atoms with E-state index in [2.05, 4.69) is 5.32 Å². The van der Waals surface area contributed by atoms with Gasteiger partial charge in [0.15, 0.2) is 11.5 Å². The van der Waals surface area contributed by atoms with E-state index in [1.807, 2.05) is 36.4 Å². The number of methoxy groups -OCH3 is 1. The number of carboxylic acids is 1. The van der Waals surface area contributed by atoms with Gasteiger partial charge in [0.05, 0.1) is 17.7 Å². The first-order chi connectivity index (χ1) is 14.0. The molecule has 3 rings (SSSR count). The van der Waals surface area contributed by atoms with Gasteiger partial charge in [-0.25, -0.2) is 4.79 Å². The van der Waals surface area contributed by atoms with E-state index < -0.39 is 5.97 Å². The van der Waals surface area contributed by atoms with Crippen molar-refractivity contribution in [3.63, 3.8) is 0 Å². The van der Waals surface area contributed by atoms with E-state index in [-0.39, 0.29) is 10.6 Å². The van der Waals surface area contributed by atoms with E-state index in [1.165, 1.54) is 6.07 Å². The lowest BCUT2D eigenvalue weighted by Gasteiger charge is -2.16. The van der Waals surface area contributed by atoms with Gasteiger partial charge in [0, 0.05) is 22.8 Å². The molecule has 2 N–H and O–H groups in total. The molecule has 7 heteroatoms. The predicted molar refractivity (Wildman–Crippen MR) is 115 cm³/mol. The summed E-state index contributed by atoms with van der Waals surface area (Å²) in [5, 5.41) is 13.3. The summed E-state index contributed by atoms with van der Waals surface area (Å²) in [6.45, 7) is 0.737. The SMILES string of the molecule is COc1cccc(CNc2ccc(Cl)c(C(=O)O)c2)c1OCc1cccc(Cl)c1. The minimum atomic E-state index is -1.08. The van der Waals surface area contributed by atoms with E-state index in [4.69, 9.17) is 32.7 Å². The van der Waals surface area contributed by atoms with Crippen LogP contribution >= 0.6 is 23.2 Å². The highest BCUT2D eigenvalue weighted by atomic mass is 35.5. The van der Waals surface area contributed by atoms with E-state index in [9.17, 15) is 9.90 Å². The minimum Gasteiger partial charge on any atom is -0.493 e. The van der Waals surface area contributed by atoms with Gasteiger partial charge in [0.25, 0.3) is 0 Å². The lowest BCUT2D eigenvalue weighted by Crippen LogP contribution is -2.06. The summed E-state index contributed by atoms with van der Waals surface area (Å²) >= 11 is 12.0. The first kappa shape index (κ1) is 20.8. The number of aromatic carboxylic acids is 1. The van der Waals surface area contributed by atoms with Crippen LogP contribution < -0.4 is 14.8 Å². The van der Waals surface area contributed by atoms with Gasteiger partial charge in [-0.05, 0) is 42.0 Å². The van der Waals surface area contributed by atoms with Crippen molar-refractivity contribution in [2.75, 3.05) is 12.4 Å². The van der Waals surface area contributed by atoms with Gasteiger partial charge in [-0.2, -0.15) is 0 Å². The standard InChI is InChI=1S/C22H19Cl2NO4/c1-28-20-7-3-5-15(21(20)29-13-14-4-2-6-16(23)10-14)12-25-17-8-9-19(24)18(11-17)22(26)27/h2-11,25H,12-13H2,1H3,(H,26,27). The molecule has 0 aliphatic rings. The molecule has 0 spiro atoms. The van der Waals surface area contributed by atoms with Crippen molar-refractivity contribution in [2.24, 2.45) is 0 Å². The zero-order chi connectivity index (χ0) is 20.8. The number of hydrogen-bond donors (Lipinski definition) is 2. The number of halogens is 2. The first-order valence-electron chi connectivity index (χ1n) is 8.77. The second kappa shape index (κ2) is 9.54. The van der Waals surface area contributed by atoms with Gasteiger partial charge >= 0.3 is 5.97 Å². The number of para-hydroxylation sites is 1. The van der Waals surface area contributed by atoms with Crippen molar-refractivity contribution in [3.05, 3.63) is 87.4 Å². The number of nitrogens with one attached hydrogen (secondary N) is 1. The maximum absolute atomic E-state index is 11.3. The molecule has 0 unspecified atom stereocenters. The largest absolute Gasteiger partial charge is 0.493 e. The van der Waals surface area contributed by atoms with Crippen LogP contribution in [0.1, 0.15) is 21.5 Å². The number of hydrogen-bond acceptors (Lipinski definition) is 4. The van der Waals surface area contributed by atoms with Crippen LogP contribution in [0.15, 0.2) is 60.7 Å². The molecule has 5 nitrogen and oxygen atoms in total. The molecule has 0 radical (unpaired) electrons. The van der Waals surface area contributed by atoms with Crippen LogP contribution in [0.25, 0.3) is 0 Å². The van der Waals surface area contributed by atoms with E-state index in [1.54, 1.807) is 25.3 Å². The summed E-state index contributed by atoms with van der Waals surface area (Å²) in [6, 6.07) is 17.8. The summed E-state index contributed by atoms with van der Waals surface area (Å²) in [5.41, 5.74) is 2.47. The Bertz CT molecular complexity index is 1020. The van der Waals surface area contributed by atoms with Gasteiger partial charge in [-0.15, -0.1) is 0 Å². The maximum Gasteiger partial charge on any atom is 0.337 e. The Kier molecular flexibility index (Phi) is 6.86. The Labute approximate surface area is 178 Å². The molecule has 0 heterocycles. The van der Waals surface area contributed by atoms with Gasteiger partial charge < -0.3 is 19.9 Å². The highest BCUT2D eigenvalue weighted by Gasteiger charge is 2.13. The van der Waals surface area contributed by atoms with Crippen molar-refractivity contribution in [2.45, 2.75) is 13.2 Å². The lowest BCUT2D eigenvalue weighted by atomic mass is 10.1. The molecule has 3 aromatic rings. The molecule has 0 saturated heterocycles. The fraction of sp³-hybridized carbons (Fsp3) is 0.136. The number of anilines is 1. The highest BCUT2D eigenvalue weighted by molar-refractivity contribution is 6.33. The molecule has 0 atom stereocenters. The zero-order valence-corrected chi connectivity index (χ0v) is 17.1. The number of ether oxygens (including phenoxy) is 2. The average Bonchev–Trinajstić information content (AvgIpc) is 2.71. The molecule has 29 heavy (non-hydrogen) atoms. The van der Waals surface area contributed by atoms with Gasteiger partial charge in [-0.1, -0.05) is 47.5 Å².